The van der Waals surface area contributed by atoms with Crippen molar-refractivity contribution < 1.29 is 4.79 Å². The highest BCUT2D eigenvalue weighted by molar-refractivity contribution is 5.94. The fourth-order valence-corrected chi connectivity index (χ4v) is 0.0456. The Morgan fingerprint density at radius 1 is 1.86 bits per heavy atom. The highest BCUT2D eigenvalue weighted by Crippen LogP contribution is 1.53. The third-order valence-electron chi connectivity index (χ3n) is 0.310. The van der Waals surface area contributed by atoms with E-state index < -0.39 is 5.78 Å². The van der Waals surface area contributed by atoms with E-state index >= 15 is 0 Å². The quantitative estimate of drug-likeness (QED) is 0.473. The normalized spacial score (nSPS) is 5.71. The molecule has 0 saturated heterocycles. The van der Waals surface area contributed by atoms with Crippen LogP contribution in [0, 0.1) is 11.3 Å². The van der Waals surface area contributed by atoms with Crippen molar-refractivity contribution in [2.24, 2.45) is 5.73 Å². The molecule has 0 saturated carbocycles. The lowest BCUT2D eigenvalue weighted by atomic mass is 10.5. The molecular weight excluding hydrogens is 115 g/mol. The second-order valence-corrected chi connectivity index (χ2v) is 0.739. The molecule has 0 heterocycles. The van der Waals surface area contributed by atoms with Crippen LogP contribution in [0.25, 0.3) is 0 Å². The van der Waals surface area contributed by atoms with Crippen LogP contribution in [-0.2, 0) is 4.79 Å². The lowest BCUT2D eigenvalue weighted by Gasteiger charge is -1.69. The maximum Gasteiger partial charge on any atom is 0.245 e. The van der Waals surface area contributed by atoms with Crippen molar-refractivity contribution >= 4 is 18.2 Å². The molecule has 0 aromatic carbocycles. The molecule has 2 N–H and O–H groups in total. The SMILES string of the molecule is Cl.N#CC(=O)CN. The molecule has 0 aliphatic heterocycles. The minimum Gasteiger partial charge on any atom is -0.323 e. The van der Waals surface area contributed by atoms with E-state index in [9.17, 15) is 4.79 Å². The lowest BCUT2D eigenvalue weighted by molar-refractivity contribution is -0.112. The molecular formula is C3H5ClN2O. The molecule has 0 atom stereocenters. The predicted molar refractivity (Wildman–Crippen MR) is 26.9 cm³/mol. The van der Waals surface area contributed by atoms with E-state index in [2.05, 4.69) is 0 Å². The largest absolute Gasteiger partial charge is 0.323 e. The number of carbonyl (C=O) groups excluding carboxylic acids is 1. The second kappa shape index (κ2) is 5.41. The van der Waals surface area contributed by atoms with Crippen LogP contribution in [0.3, 0.4) is 0 Å². The van der Waals surface area contributed by atoms with Gasteiger partial charge in [-0.2, -0.15) is 5.26 Å². The zero-order valence-electron chi connectivity index (χ0n) is 3.55. The number of Topliss-reactive ketones (excluding diaryl/α,β-unsaturated/α-hetero) is 1. The van der Waals surface area contributed by atoms with Crippen LogP contribution in [0.15, 0.2) is 0 Å². The van der Waals surface area contributed by atoms with Gasteiger partial charge in [-0.05, 0) is 0 Å². The first-order valence-corrected chi connectivity index (χ1v) is 1.44. The number of nitrogens with two attached hydrogens (primary N) is 1. The third-order valence-corrected chi connectivity index (χ3v) is 0.310. The number of halogens is 1. The van der Waals surface area contributed by atoms with Gasteiger partial charge in [0.25, 0.3) is 0 Å². The lowest BCUT2D eigenvalue weighted by Crippen LogP contribution is -2.09. The molecule has 0 aliphatic carbocycles. The standard InChI is InChI=1S/C3H4N2O.ClH/c4-1-3(6)2-5;/h1,4H2;1H. The van der Waals surface area contributed by atoms with Crippen molar-refractivity contribution in [3.8, 4) is 6.07 Å². The maximum absolute atomic E-state index is 9.69. The van der Waals surface area contributed by atoms with Crippen molar-refractivity contribution in [2.75, 3.05) is 6.54 Å². The van der Waals surface area contributed by atoms with Crippen molar-refractivity contribution in [1.29, 1.82) is 5.26 Å². The molecule has 0 rings (SSSR count). The highest BCUT2D eigenvalue weighted by Gasteiger charge is 1.87. The fraction of sp³-hybridized carbons (Fsp3) is 0.333. The average molecular weight is 121 g/mol. The summed E-state index contributed by atoms with van der Waals surface area (Å²) in [6.07, 6.45) is 0. The Kier molecular flexibility index (Phi) is 7.46. The number of hydrogen-bond donors (Lipinski definition) is 1. The summed E-state index contributed by atoms with van der Waals surface area (Å²) >= 11 is 0. The average Bonchev–Trinajstić information content (AvgIpc) is 1.65. The first-order chi connectivity index (χ1) is 2.81. The van der Waals surface area contributed by atoms with E-state index in [-0.39, 0.29) is 19.0 Å². The summed E-state index contributed by atoms with van der Waals surface area (Å²) in [6, 6.07) is 1.35. The Morgan fingerprint density at radius 3 is 2.29 bits per heavy atom. The molecule has 0 unspecified atom stereocenters. The van der Waals surface area contributed by atoms with Crippen LogP contribution in [0.2, 0.25) is 0 Å². The van der Waals surface area contributed by atoms with Gasteiger partial charge in [-0.1, -0.05) is 0 Å². The Labute approximate surface area is 47.5 Å². The number of hydrogen-bond acceptors (Lipinski definition) is 3. The van der Waals surface area contributed by atoms with E-state index in [0.717, 1.165) is 0 Å². The van der Waals surface area contributed by atoms with Gasteiger partial charge in [-0.3, -0.25) is 4.79 Å². The summed E-state index contributed by atoms with van der Waals surface area (Å²) < 4.78 is 0. The number of nitrogens with zero attached hydrogens (tertiary/aromatic N) is 1. The van der Waals surface area contributed by atoms with Gasteiger partial charge in [0.2, 0.25) is 5.78 Å². The molecule has 0 aliphatic rings. The number of nitriles is 1. The van der Waals surface area contributed by atoms with Gasteiger partial charge in [-0.25, -0.2) is 0 Å². The van der Waals surface area contributed by atoms with E-state index in [1.54, 1.807) is 0 Å². The van der Waals surface area contributed by atoms with Crippen LogP contribution in [-0.4, -0.2) is 12.3 Å². The van der Waals surface area contributed by atoms with Crippen molar-refractivity contribution in [1.82, 2.24) is 0 Å². The van der Waals surface area contributed by atoms with Crippen molar-refractivity contribution in [3.05, 3.63) is 0 Å². The summed E-state index contributed by atoms with van der Waals surface area (Å²) in [4.78, 5) is 9.69. The van der Waals surface area contributed by atoms with Gasteiger partial charge in [0.15, 0.2) is 0 Å². The zero-order valence-corrected chi connectivity index (χ0v) is 4.36. The fourth-order valence-electron chi connectivity index (χ4n) is 0.0456. The molecule has 0 fully saturated rings. The summed E-state index contributed by atoms with van der Waals surface area (Å²) in [6.45, 7) is -0.170. The van der Waals surface area contributed by atoms with Crippen molar-refractivity contribution in [2.45, 2.75) is 0 Å². The van der Waals surface area contributed by atoms with E-state index in [4.69, 9.17) is 11.0 Å². The topological polar surface area (TPSA) is 66.9 Å². The second-order valence-electron chi connectivity index (χ2n) is 0.739. The minimum atomic E-state index is -0.574. The first-order valence-electron chi connectivity index (χ1n) is 1.44. The van der Waals surface area contributed by atoms with Crippen LogP contribution >= 0.6 is 12.4 Å². The molecule has 0 amide bonds. The number of ketones is 1. The Balaban J connectivity index is 0. The Morgan fingerprint density at radius 2 is 2.29 bits per heavy atom. The summed E-state index contributed by atoms with van der Waals surface area (Å²) in [5.74, 6) is -0.574. The maximum atomic E-state index is 9.69. The van der Waals surface area contributed by atoms with E-state index in [1.165, 1.54) is 6.07 Å². The first kappa shape index (κ1) is 9.65. The summed E-state index contributed by atoms with van der Waals surface area (Å²) in [5.41, 5.74) is 4.71. The van der Waals surface area contributed by atoms with Gasteiger partial charge in [-0.15, -0.1) is 12.4 Å². The number of carbonyl (C=O) groups is 1. The smallest absolute Gasteiger partial charge is 0.245 e. The van der Waals surface area contributed by atoms with Gasteiger partial charge in [0.1, 0.15) is 6.07 Å². The van der Waals surface area contributed by atoms with Gasteiger partial charge >= 0.3 is 0 Å². The molecule has 40 valence electrons. The van der Waals surface area contributed by atoms with Crippen LogP contribution in [0.4, 0.5) is 0 Å². The summed E-state index contributed by atoms with van der Waals surface area (Å²) in [7, 11) is 0. The molecule has 4 heteroatoms. The van der Waals surface area contributed by atoms with Crippen LogP contribution in [0.5, 0.6) is 0 Å². The predicted octanol–water partition coefficient (Wildman–Crippen LogP) is -0.540. The van der Waals surface area contributed by atoms with Gasteiger partial charge in [0, 0.05) is 0 Å². The highest BCUT2D eigenvalue weighted by atomic mass is 35.5. The molecule has 0 aromatic rings. The monoisotopic (exact) mass is 120 g/mol. The van der Waals surface area contributed by atoms with Crippen molar-refractivity contribution in [3.63, 3.8) is 0 Å². The molecule has 0 radical (unpaired) electrons. The molecule has 3 nitrogen and oxygen atoms in total. The molecule has 0 bridgehead atoms. The van der Waals surface area contributed by atoms with Crippen LogP contribution < -0.4 is 5.73 Å². The van der Waals surface area contributed by atoms with Gasteiger partial charge in [0.05, 0.1) is 6.54 Å². The molecule has 0 aromatic heterocycles. The number of rotatable bonds is 1. The van der Waals surface area contributed by atoms with E-state index in [1.807, 2.05) is 0 Å². The Bertz CT molecular complexity index is 95.6. The molecule has 0 spiro atoms. The Hall–Kier alpha value is -0.590. The third kappa shape index (κ3) is 5.41. The molecule has 7 heavy (non-hydrogen) atoms. The van der Waals surface area contributed by atoms with E-state index in [0.29, 0.717) is 0 Å². The summed E-state index contributed by atoms with van der Waals surface area (Å²) in [5, 5.41) is 7.66. The van der Waals surface area contributed by atoms with Gasteiger partial charge < -0.3 is 5.73 Å². The minimum absolute atomic E-state index is 0. The zero-order chi connectivity index (χ0) is 4.99. The van der Waals surface area contributed by atoms with Crippen LogP contribution in [0.1, 0.15) is 0 Å².